The molecule has 1 heterocycles. The second-order valence-electron chi connectivity index (χ2n) is 4.13. The number of carbonyl (C=O) groups is 1. The first-order chi connectivity index (χ1) is 6.77. The molecule has 3 heteroatoms. The van der Waals surface area contributed by atoms with Crippen molar-refractivity contribution < 1.29 is 4.79 Å². The molecule has 2 nitrogen and oxygen atoms in total. The van der Waals surface area contributed by atoms with Crippen molar-refractivity contribution in [2.45, 2.75) is 39.0 Å². The monoisotopic (exact) mass is 215 g/mol. The highest BCUT2D eigenvalue weighted by atomic mass is 32.1. The summed E-state index contributed by atoms with van der Waals surface area (Å²) in [7, 11) is 0. The fourth-order valence-corrected chi connectivity index (χ4v) is 2.31. The van der Waals surface area contributed by atoms with Gasteiger partial charge in [0, 0.05) is 19.5 Å². The lowest BCUT2D eigenvalue weighted by atomic mass is 10.0. The highest BCUT2D eigenvalue weighted by Gasteiger charge is 2.27. The number of nitrogens with zero attached hydrogens (tertiary/aromatic N) is 1. The fraction of sp³-hybridized carbons (Fsp3) is 0.909. The maximum Gasteiger partial charge on any atom is 0.222 e. The quantitative estimate of drug-likeness (QED) is 0.533. The van der Waals surface area contributed by atoms with Crippen LogP contribution in [0.25, 0.3) is 0 Å². The predicted octanol–water partition coefficient (Wildman–Crippen LogP) is 2.35. The minimum Gasteiger partial charge on any atom is -0.342 e. The van der Waals surface area contributed by atoms with E-state index in [-0.39, 0.29) is 0 Å². The number of unbranched alkanes of at least 4 members (excludes halogenated alkanes) is 1. The van der Waals surface area contributed by atoms with Gasteiger partial charge in [-0.05, 0) is 30.9 Å². The molecule has 0 saturated carbocycles. The van der Waals surface area contributed by atoms with Crippen molar-refractivity contribution in [3.05, 3.63) is 0 Å². The molecule has 1 rings (SSSR count). The number of thiol groups is 1. The van der Waals surface area contributed by atoms with E-state index in [1.54, 1.807) is 0 Å². The topological polar surface area (TPSA) is 20.3 Å². The molecule has 82 valence electrons. The Hall–Kier alpha value is -0.180. The third kappa shape index (κ3) is 3.52. The Morgan fingerprint density at radius 1 is 1.50 bits per heavy atom. The Balaban J connectivity index is 2.22. The molecule has 0 aromatic carbocycles. The normalized spacial score (nSPS) is 22.0. The van der Waals surface area contributed by atoms with Crippen molar-refractivity contribution in [1.82, 2.24) is 4.90 Å². The van der Waals surface area contributed by atoms with E-state index >= 15 is 0 Å². The largest absolute Gasteiger partial charge is 0.342 e. The molecule has 1 atom stereocenters. The molecule has 1 amide bonds. The third-order valence-corrected chi connectivity index (χ3v) is 3.14. The van der Waals surface area contributed by atoms with Gasteiger partial charge in [0.25, 0.3) is 0 Å². The summed E-state index contributed by atoms with van der Waals surface area (Å²) in [5.74, 6) is 1.92. The molecule has 1 aliphatic heterocycles. The van der Waals surface area contributed by atoms with Crippen LogP contribution in [0.3, 0.4) is 0 Å². The van der Waals surface area contributed by atoms with Crippen LogP contribution in [0.1, 0.15) is 39.0 Å². The zero-order valence-electron chi connectivity index (χ0n) is 9.04. The lowest BCUT2D eigenvalue weighted by Crippen LogP contribution is -2.26. The van der Waals surface area contributed by atoms with Crippen molar-refractivity contribution in [1.29, 1.82) is 0 Å². The Morgan fingerprint density at radius 3 is 2.93 bits per heavy atom. The molecular weight excluding hydrogens is 194 g/mol. The zero-order valence-corrected chi connectivity index (χ0v) is 9.93. The summed E-state index contributed by atoms with van der Waals surface area (Å²) in [6, 6.07) is 0. The molecule has 1 fully saturated rings. The minimum absolute atomic E-state index is 0.364. The van der Waals surface area contributed by atoms with E-state index in [0.29, 0.717) is 11.8 Å². The van der Waals surface area contributed by atoms with E-state index in [4.69, 9.17) is 0 Å². The molecule has 1 aliphatic rings. The van der Waals surface area contributed by atoms with Crippen molar-refractivity contribution in [3.8, 4) is 0 Å². The van der Waals surface area contributed by atoms with Gasteiger partial charge in [-0.25, -0.2) is 0 Å². The summed E-state index contributed by atoms with van der Waals surface area (Å²) in [6.07, 6.45) is 5.41. The average Bonchev–Trinajstić information content (AvgIpc) is 2.48. The summed E-state index contributed by atoms with van der Waals surface area (Å²) in [6.45, 7) is 4.13. The Labute approximate surface area is 92.5 Å². The summed E-state index contributed by atoms with van der Waals surface area (Å²) in [5, 5.41) is 0. The number of rotatable bonds is 6. The molecule has 0 aromatic heterocycles. The molecule has 1 unspecified atom stereocenters. The van der Waals surface area contributed by atoms with Crippen LogP contribution in [-0.4, -0.2) is 29.6 Å². The number of hydrogen-bond donors (Lipinski definition) is 1. The molecular formula is C11H21NOS. The van der Waals surface area contributed by atoms with E-state index in [9.17, 15) is 4.79 Å². The first kappa shape index (κ1) is 11.9. The van der Waals surface area contributed by atoms with Gasteiger partial charge in [0.05, 0.1) is 0 Å². The van der Waals surface area contributed by atoms with Gasteiger partial charge in [0.2, 0.25) is 5.91 Å². The van der Waals surface area contributed by atoms with E-state index in [0.717, 1.165) is 38.1 Å². The van der Waals surface area contributed by atoms with Crippen molar-refractivity contribution in [2.24, 2.45) is 5.92 Å². The zero-order chi connectivity index (χ0) is 10.4. The van der Waals surface area contributed by atoms with Crippen LogP contribution in [0.4, 0.5) is 0 Å². The van der Waals surface area contributed by atoms with E-state index in [1.807, 2.05) is 4.90 Å². The van der Waals surface area contributed by atoms with E-state index in [1.165, 1.54) is 12.8 Å². The van der Waals surface area contributed by atoms with E-state index < -0.39 is 0 Å². The van der Waals surface area contributed by atoms with Crippen molar-refractivity contribution in [3.63, 3.8) is 0 Å². The predicted molar refractivity (Wildman–Crippen MR) is 62.7 cm³/mol. The maximum absolute atomic E-state index is 11.6. The molecule has 1 saturated heterocycles. The van der Waals surface area contributed by atoms with Gasteiger partial charge in [-0.15, -0.1) is 0 Å². The SMILES string of the molecule is CCCC1CC(=O)N(CCCCS)C1. The smallest absolute Gasteiger partial charge is 0.222 e. The van der Waals surface area contributed by atoms with Crippen LogP contribution in [0.2, 0.25) is 0 Å². The molecule has 14 heavy (non-hydrogen) atoms. The van der Waals surface area contributed by atoms with Gasteiger partial charge in [-0.1, -0.05) is 13.3 Å². The van der Waals surface area contributed by atoms with Crippen molar-refractivity contribution >= 4 is 18.5 Å². The molecule has 0 aliphatic carbocycles. The van der Waals surface area contributed by atoms with Gasteiger partial charge in [0.15, 0.2) is 0 Å². The van der Waals surface area contributed by atoms with Crippen LogP contribution in [0, 0.1) is 5.92 Å². The number of likely N-dealkylation sites (tertiary alicyclic amines) is 1. The Kier molecular flexibility index (Phi) is 5.38. The van der Waals surface area contributed by atoms with E-state index in [2.05, 4.69) is 19.6 Å². The standard InChI is InChI=1S/C11H21NOS/c1-2-5-10-8-11(13)12(9-10)6-3-4-7-14/h10,14H,2-9H2,1H3. The summed E-state index contributed by atoms with van der Waals surface area (Å²) in [5.41, 5.74) is 0. The molecule has 0 N–H and O–H groups in total. The average molecular weight is 215 g/mol. The summed E-state index contributed by atoms with van der Waals surface area (Å²) >= 11 is 4.17. The highest BCUT2D eigenvalue weighted by Crippen LogP contribution is 2.22. The van der Waals surface area contributed by atoms with Gasteiger partial charge in [0.1, 0.15) is 0 Å². The minimum atomic E-state index is 0.364. The third-order valence-electron chi connectivity index (χ3n) is 2.83. The number of carbonyl (C=O) groups excluding carboxylic acids is 1. The fourth-order valence-electron chi connectivity index (χ4n) is 2.09. The molecule has 0 radical (unpaired) electrons. The van der Waals surface area contributed by atoms with Crippen LogP contribution >= 0.6 is 12.6 Å². The molecule has 0 spiro atoms. The summed E-state index contributed by atoms with van der Waals surface area (Å²) in [4.78, 5) is 13.6. The van der Waals surface area contributed by atoms with Gasteiger partial charge in [-0.3, -0.25) is 4.79 Å². The second-order valence-corrected chi connectivity index (χ2v) is 4.58. The van der Waals surface area contributed by atoms with Gasteiger partial charge < -0.3 is 4.90 Å². The van der Waals surface area contributed by atoms with Gasteiger partial charge >= 0.3 is 0 Å². The molecule has 0 aromatic rings. The highest BCUT2D eigenvalue weighted by molar-refractivity contribution is 7.80. The Bertz CT molecular complexity index is 184. The van der Waals surface area contributed by atoms with Crippen LogP contribution < -0.4 is 0 Å². The van der Waals surface area contributed by atoms with Gasteiger partial charge in [-0.2, -0.15) is 12.6 Å². The number of hydrogen-bond acceptors (Lipinski definition) is 2. The molecule has 0 bridgehead atoms. The second kappa shape index (κ2) is 6.33. The first-order valence-electron chi connectivity index (χ1n) is 5.66. The first-order valence-corrected chi connectivity index (χ1v) is 6.29. The summed E-state index contributed by atoms with van der Waals surface area (Å²) < 4.78 is 0. The van der Waals surface area contributed by atoms with Crippen molar-refractivity contribution in [2.75, 3.05) is 18.8 Å². The lowest BCUT2D eigenvalue weighted by molar-refractivity contribution is -0.127. The van der Waals surface area contributed by atoms with Crippen LogP contribution in [0.15, 0.2) is 0 Å². The van der Waals surface area contributed by atoms with Crippen LogP contribution in [0.5, 0.6) is 0 Å². The lowest BCUT2D eigenvalue weighted by Gasteiger charge is -2.15. The maximum atomic E-state index is 11.6. The van der Waals surface area contributed by atoms with Crippen LogP contribution in [-0.2, 0) is 4.79 Å². The Morgan fingerprint density at radius 2 is 2.29 bits per heavy atom. The number of amides is 1.